The Morgan fingerprint density at radius 1 is 1.59 bits per heavy atom. The van der Waals surface area contributed by atoms with Gasteiger partial charge in [0.05, 0.1) is 11.6 Å². The summed E-state index contributed by atoms with van der Waals surface area (Å²) in [6.45, 7) is 6.44. The largest absolute Gasteiger partial charge is 0.478 e. The topological polar surface area (TPSA) is 52.6 Å². The van der Waals surface area contributed by atoms with Gasteiger partial charge in [-0.3, -0.25) is 0 Å². The van der Waals surface area contributed by atoms with E-state index >= 15 is 0 Å². The van der Waals surface area contributed by atoms with Gasteiger partial charge in [0.2, 0.25) is 0 Å². The first kappa shape index (κ1) is 11.9. The van der Waals surface area contributed by atoms with Crippen molar-refractivity contribution in [3.8, 4) is 0 Å². The Morgan fingerprint density at radius 3 is 3.12 bits per heavy atom. The predicted molar refractivity (Wildman–Crippen MR) is 66.6 cm³/mol. The Bertz CT molecular complexity index is 385. The van der Waals surface area contributed by atoms with E-state index in [2.05, 4.69) is 16.8 Å². The molecule has 1 saturated heterocycles. The predicted octanol–water partition coefficient (Wildman–Crippen LogP) is 1.13. The third kappa shape index (κ3) is 2.58. The van der Waals surface area contributed by atoms with Gasteiger partial charge in [0.15, 0.2) is 0 Å². The highest BCUT2D eigenvalue weighted by atomic mass is 16.4. The number of hydrogen-bond acceptors (Lipinski definition) is 3. The van der Waals surface area contributed by atoms with Crippen LogP contribution in [0.1, 0.15) is 12.8 Å². The summed E-state index contributed by atoms with van der Waals surface area (Å²) in [6.07, 6.45) is 7.65. The summed E-state index contributed by atoms with van der Waals surface area (Å²) in [5.41, 5.74) is 1.41. The second-order valence-electron chi connectivity index (χ2n) is 4.35. The molecule has 2 aliphatic heterocycles. The molecule has 17 heavy (non-hydrogen) atoms. The van der Waals surface area contributed by atoms with Crippen LogP contribution in [0.2, 0.25) is 0 Å². The van der Waals surface area contributed by atoms with Gasteiger partial charge in [-0.15, -0.1) is 6.58 Å². The molecule has 0 spiro atoms. The van der Waals surface area contributed by atoms with Gasteiger partial charge in [-0.05, 0) is 25.5 Å². The SMILES string of the molecule is C=CC1NCCCCN2CC=C(C(=O)O)C=C12. The molecule has 0 aliphatic carbocycles. The van der Waals surface area contributed by atoms with Crippen molar-refractivity contribution in [2.75, 3.05) is 19.6 Å². The summed E-state index contributed by atoms with van der Waals surface area (Å²) in [7, 11) is 0. The maximum Gasteiger partial charge on any atom is 0.335 e. The molecule has 0 aromatic rings. The molecule has 1 atom stereocenters. The highest BCUT2D eigenvalue weighted by Gasteiger charge is 2.23. The molecule has 0 amide bonds. The molecule has 1 unspecified atom stereocenters. The lowest BCUT2D eigenvalue weighted by Crippen LogP contribution is -2.42. The van der Waals surface area contributed by atoms with E-state index in [4.69, 9.17) is 5.11 Å². The summed E-state index contributed by atoms with van der Waals surface area (Å²) >= 11 is 0. The van der Waals surface area contributed by atoms with Crippen molar-refractivity contribution in [3.63, 3.8) is 0 Å². The van der Waals surface area contributed by atoms with E-state index in [9.17, 15) is 4.79 Å². The number of carbonyl (C=O) groups is 1. The zero-order chi connectivity index (χ0) is 12.3. The van der Waals surface area contributed by atoms with E-state index in [1.165, 1.54) is 0 Å². The molecule has 2 rings (SSSR count). The molecule has 2 aliphatic rings. The molecule has 0 radical (unpaired) electrons. The van der Waals surface area contributed by atoms with E-state index < -0.39 is 5.97 Å². The van der Waals surface area contributed by atoms with Gasteiger partial charge in [0.1, 0.15) is 0 Å². The minimum Gasteiger partial charge on any atom is -0.478 e. The van der Waals surface area contributed by atoms with Crippen molar-refractivity contribution in [2.45, 2.75) is 18.9 Å². The smallest absolute Gasteiger partial charge is 0.335 e. The number of aliphatic carboxylic acids is 1. The van der Waals surface area contributed by atoms with Crippen LogP contribution in [-0.2, 0) is 4.79 Å². The first-order chi connectivity index (χ1) is 8.22. The van der Waals surface area contributed by atoms with Crippen LogP contribution in [0.5, 0.6) is 0 Å². The van der Waals surface area contributed by atoms with Gasteiger partial charge in [-0.2, -0.15) is 0 Å². The zero-order valence-electron chi connectivity index (χ0n) is 9.85. The molecule has 4 heteroatoms. The number of rotatable bonds is 2. The van der Waals surface area contributed by atoms with E-state index in [1.807, 2.05) is 6.08 Å². The first-order valence-electron chi connectivity index (χ1n) is 5.98. The number of nitrogens with one attached hydrogen (secondary N) is 1. The van der Waals surface area contributed by atoms with Crippen LogP contribution in [-0.4, -0.2) is 41.7 Å². The summed E-state index contributed by atoms with van der Waals surface area (Å²) in [6, 6.07) is 0.0540. The molecule has 0 saturated carbocycles. The average Bonchev–Trinajstić information content (AvgIpc) is 2.30. The van der Waals surface area contributed by atoms with Crippen LogP contribution in [0, 0.1) is 0 Å². The van der Waals surface area contributed by atoms with Gasteiger partial charge in [0.25, 0.3) is 0 Å². The highest BCUT2D eigenvalue weighted by molar-refractivity contribution is 5.90. The first-order valence-corrected chi connectivity index (χ1v) is 5.98. The third-order valence-electron chi connectivity index (χ3n) is 3.22. The lowest BCUT2D eigenvalue weighted by atomic mass is 10.0. The average molecular weight is 234 g/mol. The van der Waals surface area contributed by atoms with E-state index in [-0.39, 0.29) is 6.04 Å². The third-order valence-corrected chi connectivity index (χ3v) is 3.22. The molecule has 0 aromatic heterocycles. The van der Waals surface area contributed by atoms with Gasteiger partial charge in [-0.25, -0.2) is 4.79 Å². The van der Waals surface area contributed by atoms with Gasteiger partial charge < -0.3 is 15.3 Å². The minimum absolute atomic E-state index is 0.0540. The van der Waals surface area contributed by atoms with E-state index in [0.29, 0.717) is 12.1 Å². The highest BCUT2D eigenvalue weighted by Crippen LogP contribution is 2.21. The molecule has 1 fully saturated rings. The molecular formula is C13H18N2O2. The summed E-state index contributed by atoms with van der Waals surface area (Å²) in [4.78, 5) is 13.2. The number of carboxylic acid groups (broad SMARTS) is 1. The summed E-state index contributed by atoms with van der Waals surface area (Å²) in [5.74, 6) is -0.859. The van der Waals surface area contributed by atoms with Crippen LogP contribution >= 0.6 is 0 Å². The lowest BCUT2D eigenvalue weighted by molar-refractivity contribution is -0.132. The fourth-order valence-electron chi connectivity index (χ4n) is 2.27. The Balaban J connectivity index is 2.27. The number of fused-ring (bicyclic) bond motifs is 1. The number of carboxylic acids is 1. The van der Waals surface area contributed by atoms with Crippen molar-refractivity contribution in [2.24, 2.45) is 0 Å². The molecule has 92 valence electrons. The van der Waals surface area contributed by atoms with Gasteiger partial charge in [-0.1, -0.05) is 12.2 Å². The number of hydrogen-bond donors (Lipinski definition) is 2. The Hall–Kier alpha value is -1.55. The van der Waals surface area contributed by atoms with Crippen molar-refractivity contribution in [3.05, 3.63) is 36.1 Å². The van der Waals surface area contributed by atoms with E-state index in [0.717, 1.165) is 31.6 Å². The Morgan fingerprint density at radius 2 is 2.41 bits per heavy atom. The van der Waals surface area contributed by atoms with Crippen LogP contribution < -0.4 is 5.32 Å². The Kier molecular flexibility index (Phi) is 3.64. The van der Waals surface area contributed by atoms with Gasteiger partial charge in [0, 0.05) is 18.8 Å². The molecular weight excluding hydrogens is 216 g/mol. The number of nitrogens with zero attached hydrogens (tertiary/aromatic N) is 1. The minimum atomic E-state index is -0.859. The molecule has 4 nitrogen and oxygen atoms in total. The van der Waals surface area contributed by atoms with Crippen LogP contribution in [0.4, 0.5) is 0 Å². The molecule has 2 heterocycles. The maximum absolute atomic E-state index is 11.0. The maximum atomic E-state index is 11.0. The van der Waals surface area contributed by atoms with Crippen molar-refractivity contribution >= 4 is 5.97 Å². The van der Waals surface area contributed by atoms with Crippen LogP contribution in [0.25, 0.3) is 0 Å². The Labute approximate surface area is 101 Å². The zero-order valence-corrected chi connectivity index (χ0v) is 9.85. The normalized spacial score (nSPS) is 24.9. The molecule has 2 N–H and O–H groups in total. The van der Waals surface area contributed by atoms with Crippen LogP contribution in [0.15, 0.2) is 36.1 Å². The molecule has 0 aromatic carbocycles. The summed E-state index contributed by atoms with van der Waals surface area (Å²) < 4.78 is 0. The standard InChI is InChI=1S/C13H18N2O2/c1-2-11-12-9-10(13(16)17)5-8-15(12)7-4-3-6-14-11/h2,5,9,11,14H,1,3-4,6-8H2,(H,16,17). The fraction of sp³-hybridized carbons (Fsp3) is 0.462. The van der Waals surface area contributed by atoms with Gasteiger partial charge >= 0.3 is 5.97 Å². The molecule has 0 bridgehead atoms. The van der Waals surface area contributed by atoms with Crippen molar-refractivity contribution in [1.82, 2.24) is 10.2 Å². The van der Waals surface area contributed by atoms with Crippen molar-refractivity contribution < 1.29 is 9.90 Å². The van der Waals surface area contributed by atoms with E-state index in [1.54, 1.807) is 12.2 Å². The summed E-state index contributed by atoms with van der Waals surface area (Å²) in [5, 5.41) is 12.4. The van der Waals surface area contributed by atoms with Crippen molar-refractivity contribution in [1.29, 1.82) is 0 Å². The lowest BCUT2D eigenvalue weighted by Gasteiger charge is -2.35. The fourth-order valence-corrected chi connectivity index (χ4v) is 2.27. The van der Waals surface area contributed by atoms with Crippen LogP contribution in [0.3, 0.4) is 0 Å². The quantitative estimate of drug-likeness (QED) is 0.703. The second-order valence-corrected chi connectivity index (χ2v) is 4.35. The second kappa shape index (κ2) is 5.19. The monoisotopic (exact) mass is 234 g/mol.